The SMILES string of the molecule is CCOC(=O)C1=C(C)N=c2s/c(=C/c3cn(-c4ccccc4)nc3-c3cccs3)c(=O)n2[C@@H]1c1ccc(C)c([N+](=O)[O-])c1. The van der Waals surface area contributed by atoms with E-state index in [9.17, 15) is 19.7 Å². The summed E-state index contributed by atoms with van der Waals surface area (Å²) in [5.74, 6) is -0.629. The van der Waals surface area contributed by atoms with Crippen LogP contribution in [0.15, 0.2) is 93.3 Å². The van der Waals surface area contributed by atoms with Crippen LogP contribution in [0.25, 0.3) is 22.3 Å². The number of carbonyl (C=O) groups is 1. The van der Waals surface area contributed by atoms with Crippen molar-refractivity contribution in [2.24, 2.45) is 4.99 Å². The minimum absolute atomic E-state index is 0.105. The van der Waals surface area contributed by atoms with Crippen LogP contribution in [0, 0.1) is 17.0 Å². The van der Waals surface area contributed by atoms with E-state index < -0.39 is 16.9 Å². The summed E-state index contributed by atoms with van der Waals surface area (Å²) in [6, 6.07) is 17.4. The Bertz CT molecular complexity index is 2090. The van der Waals surface area contributed by atoms with Crippen LogP contribution in [0.4, 0.5) is 5.69 Å². The molecular weight excluding hydrogens is 587 g/mol. The van der Waals surface area contributed by atoms with Crippen LogP contribution < -0.4 is 14.9 Å². The molecule has 1 aliphatic heterocycles. The van der Waals surface area contributed by atoms with Gasteiger partial charge in [-0.15, -0.1) is 11.3 Å². The number of carbonyl (C=O) groups excluding carboxylic acids is 1. The van der Waals surface area contributed by atoms with Crippen molar-refractivity contribution in [2.75, 3.05) is 6.61 Å². The lowest BCUT2D eigenvalue weighted by Gasteiger charge is -2.24. The molecule has 1 aliphatic rings. The summed E-state index contributed by atoms with van der Waals surface area (Å²) in [7, 11) is 0. The molecule has 43 heavy (non-hydrogen) atoms. The van der Waals surface area contributed by atoms with Crippen LogP contribution in [0.3, 0.4) is 0 Å². The van der Waals surface area contributed by atoms with Crippen LogP contribution in [-0.2, 0) is 9.53 Å². The van der Waals surface area contributed by atoms with Gasteiger partial charge in [0.25, 0.3) is 11.2 Å². The van der Waals surface area contributed by atoms with Crippen LogP contribution in [-0.4, -0.2) is 31.8 Å². The van der Waals surface area contributed by atoms with Crippen molar-refractivity contribution in [3.05, 3.63) is 130 Å². The summed E-state index contributed by atoms with van der Waals surface area (Å²) in [4.78, 5) is 44.6. The van der Waals surface area contributed by atoms with E-state index in [1.165, 1.54) is 22.0 Å². The Labute approximate surface area is 253 Å². The first kappa shape index (κ1) is 28.2. The van der Waals surface area contributed by atoms with Crippen molar-refractivity contribution in [1.29, 1.82) is 0 Å². The van der Waals surface area contributed by atoms with Crippen molar-refractivity contribution in [2.45, 2.75) is 26.8 Å². The predicted molar refractivity (Wildman–Crippen MR) is 165 cm³/mol. The Morgan fingerprint density at radius 2 is 1.93 bits per heavy atom. The fourth-order valence-electron chi connectivity index (χ4n) is 5.05. The summed E-state index contributed by atoms with van der Waals surface area (Å²) in [6.07, 6.45) is 3.65. The number of rotatable bonds is 7. The van der Waals surface area contributed by atoms with Crippen LogP contribution >= 0.6 is 22.7 Å². The number of thiophene rings is 1. The quantitative estimate of drug-likeness (QED) is 0.146. The highest BCUT2D eigenvalue weighted by Crippen LogP contribution is 2.34. The van der Waals surface area contributed by atoms with Gasteiger partial charge in [-0.25, -0.2) is 14.5 Å². The highest BCUT2D eigenvalue weighted by Gasteiger charge is 2.34. The van der Waals surface area contributed by atoms with Crippen molar-refractivity contribution in [3.8, 4) is 16.3 Å². The lowest BCUT2D eigenvalue weighted by atomic mass is 9.94. The van der Waals surface area contributed by atoms with E-state index in [0.717, 1.165) is 21.8 Å². The number of allylic oxidation sites excluding steroid dienone is 1. The molecule has 0 radical (unpaired) electrons. The first-order valence-corrected chi connectivity index (χ1v) is 15.1. The first-order chi connectivity index (χ1) is 20.8. The lowest BCUT2D eigenvalue weighted by Crippen LogP contribution is -2.40. The molecule has 3 aromatic heterocycles. The third kappa shape index (κ3) is 5.15. The molecule has 0 bridgehead atoms. The summed E-state index contributed by atoms with van der Waals surface area (Å²) in [5, 5.41) is 18.6. The molecule has 0 unspecified atom stereocenters. The number of benzene rings is 2. The number of aryl methyl sites for hydroxylation is 1. The van der Waals surface area contributed by atoms with Gasteiger partial charge in [0.15, 0.2) is 4.80 Å². The van der Waals surface area contributed by atoms with Gasteiger partial charge in [-0.3, -0.25) is 19.5 Å². The zero-order valence-electron chi connectivity index (χ0n) is 23.4. The monoisotopic (exact) mass is 611 g/mol. The van der Waals surface area contributed by atoms with Gasteiger partial charge in [-0.2, -0.15) is 5.10 Å². The van der Waals surface area contributed by atoms with Gasteiger partial charge in [-0.05, 0) is 56.0 Å². The second-order valence-electron chi connectivity index (χ2n) is 9.80. The molecule has 0 aliphatic carbocycles. The van der Waals surface area contributed by atoms with Gasteiger partial charge in [-0.1, -0.05) is 47.7 Å². The molecule has 0 N–H and O–H groups in total. The van der Waals surface area contributed by atoms with E-state index in [1.807, 2.05) is 54.0 Å². The van der Waals surface area contributed by atoms with E-state index in [2.05, 4.69) is 4.99 Å². The third-order valence-electron chi connectivity index (χ3n) is 7.07. The zero-order chi connectivity index (χ0) is 30.2. The number of esters is 1. The number of aromatic nitrogens is 3. The number of hydrogen-bond donors (Lipinski definition) is 0. The highest BCUT2D eigenvalue weighted by atomic mass is 32.1. The van der Waals surface area contributed by atoms with Crippen LogP contribution in [0.1, 0.15) is 36.6 Å². The van der Waals surface area contributed by atoms with Gasteiger partial charge in [0, 0.05) is 23.4 Å². The van der Waals surface area contributed by atoms with Gasteiger partial charge in [0.05, 0.1) is 43.9 Å². The maximum atomic E-state index is 14.1. The Hall–Kier alpha value is -4.94. The largest absolute Gasteiger partial charge is 0.463 e. The Kier molecular flexibility index (Phi) is 7.46. The van der Waals surface area contributed by atoms with Crippen molar-refractivity contribution in [1.82, 2.24) is 14.3 Å². The highest BCUT2D eigenvalue weighted by molar-refractivity contribution is 7.13. The van der Waals surface area contributed by atoms with Gasteiger partial charge < -0.3 is 4.74 Å². The molecule has 12 heteroatoms. The number of nitrogens with zero attached hydrogens (tertiary/aromatic N) is 5. The average molecular weight is 612 g/mol. The van der Waals surface area contributed by atoms with E-state index in [0.29, 0.717) is 26.2 Å². The van der Waals surface area contributed by atoms with Crippen LogP contribution in [0.5, 0.6) is 0 Å². The maximum Gasteiger partial charge on any atom is 0.338 e. The maximum absolute atomic E-state index is 14.1. The second kappa shape index (κ2) is 11.4. The molecule has 1 atom stereocenters. The topological polar surface area (TPSA) is 122 Å². The summed E-state index contributed by atoms with van der Waals surface area (Å²) < 4.78 is 8.93. The van der Waals surface area contributed by atoms with E-state index in [1.54, 1.807) is 55.0 Å². The summed E-state index contributed by atoms with van der Waals surface area (Å²) >= 11 is 2.73. The zero-order valence-corrected chi connectivity index (χ0v) is 25.0. The molecule has 0 fully saturated rings. The fourth-order valence-corrected chi connectivity index (χ4v) is 6.82. The number of thiazole rings is 1. The van der Waals surface area contributed by atoms with Gasteiger partial charge in [0.1, 0.15) is 5.69 Å². The molecule has 6 rings (SSSR count). The number of hydrogen-bond acceptors (Lipinski definition) is 9. The number of nitro groups is 1. The number of ether oxygens (including phenoxy) is 1. The molecular formula is C31H25N5O5S2. The van der Waals surface area contributed by atoms with Crippen molar-refractivity contribution >= 4 is 40.4 Å². The number of fused-ring (bicyclic) bond motifs is 1. The average Bonchev–Trinajstić information content (AvgIpc) is 3.73. The van der Waals surface area contributed by atoms with Gasteiger partial charge >= 0.3 is 5.97 Å². The van der Waals surface area contributed by atoms with Gasteiger partial charge in [0.2, 0.25) is 0 Å². The molecule has 0 amide bonds. The molecule has 0 saturated heterocycles. The Balaban J connectivity index is 1.57. The predicted octanol–water partition coefficient (Wildman–Crippen LogP) is 4.93. The van der Waals surface area contributed by atoms with Crippen LogP contribution in [0.2, 0.25) is 0 Å². The van der Waals surface area contributed by atoms with Crippen molar-refractivity contribution in [3.63, 3.8) is 0 Å². The molecule has 2 aromatic carbocycles. The summed E-state index contributed by atoms with van der Waals surface area (Å²) in [5.41, 5.74) is 3.28. The number of para-hydroxylation sites is 1. The van der Waals surface area contributed by atoms with Crippen molar-refractivity contribution < 1.29 is 14.5 Å². The standard InChI is InChI=1S/C31H25N5O5S2/c1-4-41-30(38)26-19(3)32-31-35(28(26)20-13-12-18(2)23(15-20)36(39)40)29(37)25(43-31)16-21-17-34(22-9-6-5-7-10-22)33-27(21)24-11-8-14-42-24/h5-17,28H,4H2,1-3H3/b25-16+/t28-/m1/s1. The normalized spacial score (nSPS) is 14.9. The van der Waals surface area contributed by atoms with E-state index in [4.69, 9.17) is 9.84 Å². The molecule has 216 valence electrons. The Morgan fingerprint density at radius 1 is 1.14 bits per heavy atom. The molecule has 5 aromatic rings. The molecule has 0 spiro atoms. The second-order valence-corrected chi connectivity index (χ2v) is 11.8. The van der Waals surface area contributed by atoms with E-state index in [-0.39, 0.29) is 23.4 Å². The third-order valence-corrected chi connectivity index (χ3v) is 8.93. The molecule has 4 heterocycles. The minimum atomic E-state index is -0.958. The summed E-state index contributed by atoms with van der Waals surface area (Å²) in [6.45, 7) is 5.13. The Morgan fingerprint density at radius 3 is 2.63 bits per heavy atom. The lowest BCUT2D eigenvalue weighted by molar-refractivity contribution is -0.385. The smallest absolute Gasteiger partial charge is 0.338 e. The number of nitro benzene ring substituents is 1. The molecule has 10 nitrogen and oxygen atoms in total. The fraction of sp³-hybridized carbons (Fsp3) is 0.161. The van der Waals surface area contributed by atoms with E-state index >= 15 is 0 Å². The first-order valence-electron chi connectivity index (χ1n) is 13.4. The molecule has 0 saturated carbocycles. The minimum Gasteiger partial charge on any atom is -0.463 e.